The largest absolute Gasteiger partial charge is 0.496 e. The van der Waals surface area contributed by atoms with E-state index in [9.17, 15) is 0 Å². The van der Waals surface area contributed by atoms with E-state index in [4.69, 9.17) is 9.15 Å². The fraction of sp³-hybridized carbons (Fsp3) is 0.438. The van der Waals surface area contributed by atoms with Gasteiger partial charge in [0.05, 0.1) is 24.9 Å². The molecule has 4 nitrogen and oxygen atoms in total. The predicted octanol–water partition coefficient (Wildman–Crippen LogP) is 3.72. The molecule has 108 valence electrons. The highest BCUT2D eigenvalue weighted by molar-refractivity contribution is 5.66. The smallest absolute Gasteiger partial charge is 0.211 e. The molecule has 0 saturated heterocycles. The third kappa shape index (κ3) is 3.20. The zero-order valence-electron chi connectivity index (χ0n) is 12.6. The average molecular weight is 274 g/mol. The van der Waals surface area contributed by atoms with Crippen molar-refractivity contribution in [2.24, 2.45) is 0 Å². The van der Waals surface area contributed by atoms with Gasteiger partial charge in [-0.2, -0.15) is 0 Å². The molecule has 2 rings (SSSR count). The molecule has 1 aromatic carbocycles. The lowest BCUT2D eigenvalue weighted by Crippen LogP contribution is -2.19. The summed E-state index contributed by atoms with van der Waals surface area (Å²) in [6.07, 6.45) is 2.85. The van der Waals surface area contributed by atoms with Crippen LogP contribution in [0.1, 0.15) is 37.8 Å². The molecule has 4 heteroatoms. The molecule has 0 fully saturated rings. The maximum absolute atomic E-state index is 5.87. The lowest BCUT2D eigenvalue weighted by atomic mass is 10.1. The van der Waals surface area contributed by atoms with Gasteiger partial charge in [0.25, 0.3) is 0 Å². The Bertz CT molecular complexity index is 563. The molecule has 0 aliphatic rings. The van der Waals surface area contributed by atoms with Crippen molar-refractivity contribution in [2.75, 3.05) is 13.7 Å². The fourth-order valence-electron chi connectivity index (χ4n) is 2.07. The van der Waals surface area contributed by atoms with Crippen LogP contribution in [0.4, 0.5) is 0 Å². The summed E-state index contributed by atoms with van der Waals surface area (Å²) in [5.74, 6) is 2.25. The summed E-state index contributed by atoms with van der Waals surface area (Å²) >= 11 is 0. The second kappa shape index (κ2) is 6.57. The van der Waals surface area contributed by atoms with Crippen molar-refractivity contribution in [3.63, 3.8) is 0 Å². The molecule has 0 saturated carbocycles. The molecule has 1 N–H and O–H groups in total. The van der Waals surface area contributed by atoms with Crippen molar-refractivity contribution in [1.82, 2.24) is 10.3 Å². The SMILES string of the molecule is CCCNC(C)c1ncc(-c2cc(C)ccc2OC)o1. The minimum atomic E-state index is 0.111. The van der Waals surface area contributed by atoms with Crippen molar-refractivity contribution in [3.8, 4) is 17.1 Å². The van der Waals surface area contributed by atoms with Gasteiger partial charge in [0.15, 0.2) is 5.76 Å². The molecule has 1 heterocycles. The summed E-state index contributed by atoms with van der Waals surface area (Å²) < 4.78 is 11.3. The van der Waals surface area contributed by atoms with E-state index in [1.54, 1.807) is 13.3 Å². The maximum Gasteiger partial charge on any atom is 0.211 e. The topological polar surface area (TPSA) is 47.3 Å². The quantitative estimate of drug-likeness (QED) is 0.872. The monoisotopic (exact) mass is 274 g/mol. The Morgan fingerprint density at radius 2 is 2.20 bits per heavy atom. The van der Waals surface area contributed by atoms with E-state index in [0.717, 1.165) is 35.6 Å². The van der Waals surface area contributed by atoms with Crippen LogP contribution >= 0.6 is 0 Å². The lowest BCUT2D eigenvalue weighted by Gasteiger charge is -2.09. The molecule has 1 unspecified atom stereocenters. The van der Waals surface area contributed by atoms with Crippen LogP contribution in [0.15, 0.2) is 28.8 Å². The van der Waals surface area contributed by atoms with Gasteiger partial charge in [-0.15, -0.1) is 0 Å². The zero-order chi connectivity index (χ0) is 14.5. The first-order valence-corrected chi connectivity index (χ1v) is 6.99. The van der Waals surface area contributed by atoms with Gasteiger partial charge in [-0.1, -0.05) is 18.6 Å². The predicted molar refractivity (Wildman–Crippen MR) is 79.9 cm³/mol. The summed E-state index contributed by atoms with van der Waals surface area (Å²) in [7, 11) is 1.66. The minimum Gasteiger partial charge on any atom is -0.496 e. The molecular formula is C16H22N2O2. The molecule has 0 amide bonds. The number of aryl methyl sites for hydroxylation is 1. The van der Waals surface area contributed by atoms with Crippen molar-refractivity contribution >= 4 is 0 Å². The van der Waals surface area contributed by atoms with E-state index in [2.05, 4.69) is 24.1 Å². The number of hydrogen-bond donors (Lipinski definition) is 1. The molecule has 0 spiro atoms. The number of nitrogens with one attached hydrogen (secondary N) is 1. The molecular weight excluding hydrogens is 252 g/mol. The molecule has 0 aliphatic heterocycles. The van der Waals surface area contributed by atoms with Gasteiger partial charge >= 0.3 is 0 Å². The van der Waals surface area contributed by atoms with Crippen LogP contribution in [0.3, 0.4) is 0 Å². The van der Waals surface area contributed by atoms with Gasteiger partial charge in [-0.3, -0.25) is 0 Å². The Balaban J connectivity index is 2.26. The second-order valence-corrected chi connectivity index (χ2v) is 4.94. The third-order valence-electron chi connectivity index (χ3n) is 3.21. The zero-order valence-corrected chi connectivity index (χ0v) is 12.6. The van der Waals surface area contributed by atoms with Crippen LogP contribution in [0.25, 0.3) is 11.3 Å². The molecule has 0 radical (unpaired) electrons. The number of oxazole rings is 1. The van der Waals surface area contributed by atoms with E-state index in [1.165, 1.54) is 0 Å². The maximum atomic E-state index is 5.87. The van der Waals surface area contributed by atoms with Crippen LogP contribution in [0, 0.1) is 6.92 Å². The normalized spacial score (nSPS) is 12.4. The Labute approximate surface area is 120 Å². The number of rotatable bonds is 6. The average Bonchev–Trinajstić information content (AvgIpc) is 2.94. The Morgan fingerprint density at radius 1 is 1.40 bits per heavy atom. The van der Waals surface area contributed by atoms with Crippen molar-refractivity contribution in [1.29, 1.82) is 0 Å². The summed E-state index contributed by atoms with van der Waals surface area (Å²) in [5, 5.41) is 3.37. The van der Waals surface area contributed by atoms with Crippen LogP contribution in [0.2, 0.25) is 0 Å². The minimum absolute atomic E-state index is 0.111. The highest BCUT2D eigenvalue weighted by atomic mass is 16.5. The molecule has 0 aliphatic carbocycles. The number of benzene rings is 1. The van der Waals surface area contributed by atoms with Crippen molar-refractivity contribution in [3.05, 3.63) is 35.9 Å². The summed E-state index contributed by atoms with van der Waals surface area (Å²) in [6, 6.07) is 6.13. The van der Waals surface area contributed by atoms with E-state index < -0.39 is 0 Å². The van der Waals surface area contributed by atoms with Gasteiger partial charge in [-0.25, -0.2) is 4.98 Å². The highest BCUT2D eigenvalue weighted by Gasteiger charge is 2.15. The first-order chi connectivity index (χ1) is 9.65. The van der Waals surface area contributed by atoms with E-state index in [1.807, 2.05) is 25.1 Å². The first kappa shape index (κ1) is 14.6. The van der Waals surface area contributed by atoms with Crippen LogP contribution in [0.5, 0.6) is 5.75 Å². The van der Waals surface area contributed by atoms with Gasteiger partial charge in [0.1, 0.15) is 5.75 Å². The Morgan fingerprint density at radius 3 is 2.90 bits per heavy atom. The lowest BCUT2D eigenvalue weighted by molar-refractivity contribution is 0.407. The van der Waals surface area contributed by atoms with E-state index >= 15 is 0 Å². The summed E-state index contributed by atoms with van der Waals surface area (Å²) in [6.45, 7) is 7.19. The van der Waals surface area contributed by atoms with Crippen molar-refractivity contribution in [2.45, 2.75) is 33.2 Å². The van der Waals surface area contributed by atoms with Gasteiger partial charge in [-0.05, 0) is 38.9 Å². The Kier molecular flexibility index (Phi) is 4.79. The summed E-state index contributed by atoms with van der Waals surface area (Å²) in [4.78, 5) is 4.37. The number of ether oxygens (including phenoxy) is 1. The van der Waals surface area contributed by atoms with Crippen LogP contribution in [-0.2, 0) is 0 Å². The van der Waals surface area contributed by atoms with Crippen LogP contribution < -0.4 is 10.1 Å². The molecule has 2 aromatic rings. The first-order valence-electron chi connectivity index (χ1n) is 6.99. The third-order valence-corrected chi connectivity index (χ3v) is 3.21. The van der Waals surface area contributed by atoms with E-state index in [-0.39, 0.29) is 6.04 Å². The van der Waals surface area contributed by atoms with Gasteiger partial charge < -0.3 is 14.5 Å². The molecule has 1 atom stereocenters. The van der Waals surface area contributed by atoms with Crippen LogP contribution in [-0.4, -0.2) is 18.6 Å². The highest BCUT2D eigenvalue weighted by Crippen LogP contribution is 2.32. The second-order valence-electron chi connectivity index (χ2n) is 4.94. The number of nitrogens with zero attached hydrogens (tertiary/aromatic N) is 1. The number of aromatic nitrogens is 1. The number of hydrogen-bond acceptors (Lipinski definition) is 4. The van der Waals surface area contributed by atoms with Crippen molar-refractivity contribution < 1.29 is 9.15 Å². The molecule has 1 aromatic heterocycles. The van der Waals surface area contributed by atoms with Gasteiger partial charge in [0, 0.05) is 0 Å². The van der Waals surface area contributed by atoms with Gasteiger partial charge in [0.2, 0.25) is 5.89 Å². The Hall–Kier alpha value is -1.81. The summed E-state index contributed by atoms with van der Waals surface area (Å²) in [5.41, 5.74) is 2.10. The molecule has 0 bridgehead atoms. The fourth-order valence-corrected chi connectivity index (χ4v) is 2.07. The number of methoxy groups -OCH3 is 1. The molecule has 20 heavy (non-hydrogen) atoms. The standard InChI is InChI=1S/C16H22N2O2/c1-5-8-17-12(3)16-18-10-15(20-16)13-9-11(2)6-7-14(13)19-4/h6-7,9-10,12,17H,5,8H2,1-4H3. The van der Waals surface area contributed by atoms with E-state index in [0.29, 0.717) is 5.89 Å².